The normalized spacial score (nSPS) is 19.1. The fourth-order valence-electron chi connectivity index (χ4n) is 3.99. The standard InChI is InChI=1S/C20H27N5O2/c1-22-15-21-18-14-16(5-6-17(18)20(22)27)24-11-8-23(9-12-24)10-13-25-7-3-2-4-19(25)26/h5-6,14-15H,2-4,7-13H2,1H3. The van der Waals surface area contributed by atoms with Crippen LogP contribution in [0.1, 0.15) is 19.3 Å². The third kappa shape index (κ3) is 3.83. The van der Waals surface area contributed by atoms with Gasteiger partial charge in [0, 0.05) is 65.0 Å². The first kappa shape index (κ1) is 18.0. The fraction of sp³-hybridized carbons (Fsp3) is 0.550. The van der Waals surface area contributed by atoms with Crippen LogP contribution >= 0.6 is 0 Å². The van der Waals surface area contributed by atoms with E-state index in [4.69, 9.17) is 0 Å². The molecule has 0 unspecified atom stereocenters. The summed E-state index contributed by atoms with van der Waals surface area (Å²) in [5, 5.41) is 0.661. The number of piperidine rings is 1. The Morgan fingerprint density at radius 2 is 1.81 bits per heavy atom. The topological polar surface area (TPSA) is 61.7 Å². The van der Waals surface area contributed by atoms with Gasteiger partial charge < -0.3 is 14.4 Å². The third-order valence-corrected chi connectivity index (χ3v) is 5.75. The molecule has 2 fully saturated rings. The highest BCUT2D eigenvalue weighted by molar-refractivity contribution is 5.81. The Bertz CT molecular complexity index is 886. The minimum atomic E-state index is -0.0105. The van der Waals surface area contributed by atoms with E-state index in [9.17, 15) is 9.59 Å². The molecule has 7 heteroatoms. The summed E-state index contributed by atoms with van der Waals surface area (Å²) in [4.78, 5) is 35.3. The van der Waals surface area contributed by atoms with E-state index < -0.39 is 0 Å². The van der Waals surface area contributed by atoms with Crippen molar-refractivity contribution in [1.82, 2.24) is 19.4 Å². The Morgan fingerprint density at radius 1 is 1.00 bits per heavy atom. The average Bonchev–Trinajstić information content (AvgIpc) is 2.70. The number of rotatable bonds is 4. The molecule has 144 valence electrons. The van der Waals surface area contributed by atoms with Crippen LogP contribution < -0.4 is 10.5 Å². The zero-order chi connectivity index (χ0) is 18.8. The van der Waals surface area contributed by atoms with E-state index in [0.29, 0.717) is 17.7 Å². The second kappa shape index (κ2) is 7.68. The highest BCUT2D eigenvalue weighted by atomic mass is 16.2. The number of benzene rings is 1. The smallest absolute Gasteiger partial charge is 0.260 e. The Morgan fingerprint density at radius 3 is 2.59 bits per heavy atom. The molecule has 0 spiro atoms. The zero-order valence-electron chi connectivity index (χ0n) is 15.9. The van der Waals surface area contributed by atoms with Crippen molar-refractivity contribution in [2.75, 3.05) is 50.7 Å². The van der Waals surface area contributed by atoms with E-state index in [1.807, 2.05) is 23.1 Å². The fourth-order valence-corrected chi connectivity index (χ4v) is 3.99. The average molecular weight is 369 g/mol. The number of aromatic nitrogens is 2. The molecule has 2 aliphatic heterocycles. The molecular formula is C20H27N5O2. The summed E-state index contributed by atoms with van der Waals surface area (Å²) in [5.74, 6) is 0.315. The molecule has 2 aromatic rings. The van der Waals surface area contributed by atoms with Gasteiger partial charge in [0.25, 0.3) is 5.56 Å². The van der Waals surface area contributed by atoms with E-state index >= 15 is 0 Å². The van der Waals surface area contributed by atoms with Gasteiger partial charge in [0.1, 0.15) is 0 Å². The molecule has 4 rings (SSSR count). The maximum Gasteiger partial charge on any atom is 0.260 e. The molecule has 2 aliphatic rings. The van der Waals surface area contributed by atoms with Gasteiger partial charge in [-0.05, 0) is 31.0 Å². The van der Waals surface area contributed by atoms with Crippen LogP contribution in [-0.2, 0) is 11.8 Å². The molecule has 1 amide bonds. The Kier molecular flexibility index (Phi) is 5.11. The van der Waals surface area contributed by atoms with Crippen LogP contribution in [-0.4, -0.2) is 71.1 Å². The number of hydrogen-bond acceptors (Lipinski definition) is 5. The molecule has 0 N–H and O–H groups in total. The van der Waals surface area contributed by atoms with Gasteiger partial charge in [0.05, 0.1) is 17.2 Å². The minimum Gasteiger partial charge on any atom is -0.369 e. The molecule has 0 saturated carbocycles. The minimum absolute atomic E-state index is 0.0105. The van der Waals surface area contributed by atoms with Crippen molar-refractivity contribution in [3.8, 4) is 0 Å². The lowest BCUT2D eigenvalue weighted by Crippen LogP contribution is -2.49. The highest BCUT2D eigenvalue weighted by Gasteiger charge is 2.21. The van der Waals surface area contributed by atoms with Crippen molar-refractivity contribution in [3.05, 3.63) is 34.9 Å². The van der Waals surface area contributed by atoms with Crippen molar-refractivity contribution in [3.63, 3.8) is 0 Å². The third-order valence-electron chi connectivity index (χ3n) is 5.75. The molecule has 0 bridgehead atoms. The number of hydrogen-bond donors (Lipinski definition) is 0. The van der Waals surface area contributed by atoms with Crippen LogP contribution in [0.4, 0.5) is 5.69 Å². The van der Waals surface area contributed by atoms with E-state index in [2.05, 4.69) is 14.8 Å². The summed E-state index contributed by atoms with van der Waals surface area (Å²) in [6.45, 7) is 6.60. The summed E-state index contributed by atoms with van der Waals surface area (Å²) < 4.78 is 1.51. The predicted octanol–water partition coefficient (Wildman–Crippen LogP) is 1.07. The maximum atomic E-state index is 12.2. The van der Waals surface area contributed by atoms with Crippen LogP contribution in [0.25, 0.3) is 10.9 Å². The van der Waals surface area contributed by atoms with Crippen LogP contribution in [0.5, 0.6) is 0 Å². The predicted molar refractivity (Wildman–Crippen MR) is 106 cm³/mol. The van der Waals surface area contributed by atoms with Crippen LogP contribution in [0.2, 0.25) is 0 Å². The summed E-state index contributed by atoms with van der Waals surface area (Å²) in [7, 11) is 1.72. The lowest BCUT2D eigenvalue weighted by Gasteiger charge is -2.37. The van der Waals surface area contributed by atoms with Gasteiger partial charge in [0.2, 0.25) is 5.91 Å². The number of fused-ring (bicyclic) bond motifs is 1. The number of aryl methyl sites for hydroxylation is 1. The number of carbonyl (C=O) groups excluding carboxylic acids is 1. The first-order valence-corrected chi connectivity index (χ1v) is 9.82. The largest absolute Gasteiger partial charge is 0.369 e. The second-order valence-electron chi connectivity index (χ2n) is 7.53. The number of amides is 1. The highest BCUT2D eigenvalue weighted by Crippen LogP contribution is 2.20. The van der Waals surface area contributed by atoms with Gasteiger partial charge in [-0.15, -0.1) is 0 Å². The van der Waals surface area contributed by atoms with Crippen LogP contribution in [0.3, 0.4) is 0 Å². The van der Waals surface area contributed by atoms with Gasteiger partial charge in [-0.2, -0.15) is 0 Å². The van der Waals surface area contributed by atoms with Gasteiger partial charge in [-0.1, -0.05) is 0 Å². The van der Waals surface area contributed by atoms with E-state index in [0.717, 1.165) is 69.9 Å². The van der Waals surface area contributed by atoms with Crippen LogP contribution in [0.15, 0.2) is 29.3 Å². The van der Waals surface area contributed by atoms with Gasteiger partial charge in [-0.3, -0.25) is 14.5 Å². The SMILES string of the molecule is Cn1cnc2cc(N3CCN(CCN4CCCCC4=O)CC3)ccc2c1=O. The monoisotopic (exact) mass is 369 g/mol. The Hall–Kier alpha value is -2.41. The van der Waals surface area contributed by atoms with Crippen molar-refractivity contribution in [2.45, 2.75) is 19.3 Å². The summed E-state index contributed by atoms with van der Waals surface area (Å²) >= 11 is 0. The Balaban J connectivity index is 1.35. The molecule has 2 saturated heterocycles. The lowest BCUT2D eigenvalue weighted by molar-refractivity contribution is -0.133. The summed E-state index contributed by atoms with van der Waals surface area (Å²) in [6.07, 6.45) is 4.47. The van der Waals surface area contributed by atoms with E-state index in [1.165, 1.54) is 4.57 Å². The maximum absolute atomic E-state index is 12.2. The van der Waals surface area contributed by atoms with E-state index in [1.54, 1.807) is 13.4 Å². The number of nitrogens with zero attached hydrogens (tertiary/aromatic N) is 5. The first-order chi connectivity index (χ1) is 13.1. The lowest BCUT2D eigenvalue weighted by atomic mass is 10.1. The number of likely N-dealkylation sites (tertiary alicyclic amines) is 1. The number of carbonyl (C=O) groups is 1. The quantitative estimate of drug-likeness (QED) is 0.807. The van der Waals surface area contributed by atoms with E-state index in [-0.39, 0.29) is 5.56 Å². The van der Waals surface area contributed by atoms with Crippen molar-refractivity contribution in [1.29, 1.82) is 0 Å². The van der Waals surface area contributed by atoms with Gasteiger partial charge >= 0.3 is 0 Å². The van der Waals surface area contributed by atoms with Crippen molar-refractivity contribution in [2.24, 2.45) is 7.05 Å². The van der Waals surface area contributed by atoms with Gasteiger partial charge in [-0.25, -0.2) is 4.98 Å². The number of anilines is 1. The molecule has 1 aromatic heterocycles. The van der Waals surface area contributed by atoms with Crippen molar-refractivity contribution >= 4 is 22.5 Å². The molecular weight excluding hydrogens is 342 g/mol. The molecule has 1 aromatic carbocycles. The molecule has 7 nitrogen and oxygen atoms in total. The second-order valence-corrected chi connectivity index (χ2v) is 7.53. The van der Waals surface area contributed by atoms with Crippen molar-refractivity contribution < 1.29 is 4.79 Å². The van der Waals surface area contributed by atoms with Crippen LogP contribution in [0, 0.1) is 0 Å². The molecule has 27 heavy (non-hydrogen) atoms. The summed E-state index contributed by atoms with van der Waals surface area (Å²) in [5.41, 5.74) is 1.86. The molecule has 3 heterocycles. The Labute approximate surface area is 159 Å². The molecule has 0 aliphatic carbocycles. The first-order valence-electron chi connectivity index (χ1n) is 9.82. The summed E-state index contributed by atoms with van der Waals surface area (Å²) in [6, 6.07) is 5.92. The number of piperazine rings is 1. The molecule has 0 atom stereocenters. The molecule has 0 radical (unpaired) electrons. The van der Waals surface area contributed by atoms with Gasteiger partial charge in [0.15, 0.2) is 0 Å². The zero-order valence-corrected chi connectivity index (χ0v) is 15.9.